The highest BCUT2D eigenvalue weighted by molar-refractivity contribution is 7.14. The molecular weight excluding hydrogens is 346 g/mol. The van der Waals surface area contributed by atoms with Gasteiger partial charge in [0.05, 0.1) is 16.9 Å². The average Bonchev–Trinajstić information content (AvgIpc) is 3.06. The number of benzene rings is 2. The number of thiazole rings is 1. The zero-order valence-corrected chi connectivity index (χ0v) is 13.4. The highest BCUT2D eigenvalue weighted by Crippen LogP contribution is 2.28. The summed E-state index contributed by atoms with van der Waals surface area (Å²) in [4.78, 5) is 16.4. The summed E-state index contributed by atoms with van der Waals surface area (Å²) in [7, 11) is 0. The Morgan fingerprint density at radius 2 is 1.92 bits per heavy atom. The van der Waals surface area contributed by atoms with E-state index in [1.807, 2.05) is 12.1 Å². The highest BCUT2D eigenvalue weighted by atomic mass is 32.1. The minimum atomic E-state index is -0.594. The van der Waals surface area contributed by atoms with Crippen LogP contribution in [-0.2, 0) is 0 Å². The number of hydrogen-bond acceptors (Lipinski definition) is 5. The maximum atomic E-state index is 13.7. The van der Waals surface area contributed by atoms with Gasteiger partial charge in [0.1, 0.15) is 17.2 Å². The molecule has 2 aromatic heterocycles. The van der Waals surface area contributed by atoms with Gasteiger partial charge in [0.15, 0.2) is 5.13 Å². The number of hydrogen-bond donors (Lipinski definition) is 1. The molecule has 124 valence electrons. The first-order valence-electron chi connectivity index (χ1n) is 7.31. The first-order valence-corrected chi connectivity index (χ1v) is 8.19. The third-order valence-electron chi connectivity index (χ3n) is 3.59. The van der Waals surface area contributed by atoms with E-state index in [1.54, 1.807) is 23.6 Å². The zero-order valence-electron chi connectivity index (χ0n) is 12.6. The van der Waals surface area contributed by atoms with E-state index in [2.05, 4.69) is 10.3 Å². The summed E-state index contributed by atoms with van der Waals surface area (Å²) in [5.74, 6) is -1.15. The van der Waals surface area contributed by atoms with Gasteiger partial charge in [-0.05, 0) is 24.3 Å². The molecule has 0 bridgehead atoms. The topological polar surface area (TPSA) is 55.1 Å². The molecule has 0 aliphatic carbocycles. The maximum absolute atomic E-state index is 13.7. The van der Waals surface area contributed by atoms with Crippen molar-refractivity contribution in [2.45, 2.75) is 0 Å². The fourth-order valence-electron chi connectivity index (χ4n) is 2.40. The van der Waals surface area contributed by atoms with Crippen LogP contribution in [-0.4, -0.2) is 4.98 Å². The maximum Gasteiger partial charge on any atom is 0.345 e. The van der Waals surface area contributed by atoms with Crippen LogP contribution >= 0.6 is 11.3 Å². The van der Waals surface area contributed by atoms with Gasteiger partial charge in [-0.2, -0.15) is 0 Å². The predicted molar refractivity (Wildman–Crippen MR) is 93.2 cm³/mol. The van der Waals surface area contributed by atoms with Gasteiger partial charge in [0.2, 0.25) is 0 Å². The van der Waals surface area contributed by atoms with Crippen molar-refractivity contribution in [3.05, 3.63) is 76.0 Å². The Hall–Kier alpha value is -3.06. The van der Waals surface area contributed by atoms with Crippen LogP contribution in [0.25, 0.3) is 22.2 Å². The second-order valence-corrected chi connectivity index (χ2v) is 6.13. The third-order valence-corrected chi connectivity index (χ3v) is 4.35. The Morgan fingerprint density at radius 1 is 1.08 bits per heavy atom. The lowest BCUT2D eigenvalue weighted by Crippen LogP contribution is -2.03. The fourth-order valence-corrected chi connectivity index (χ4v) is 3.13. The zero-order chi connectivity index (χ0) is 17.4. The molecule has 0 atom stereocenters. The van der Waals surface area contributed by atoms with E-state index >= 15 is 0 Å². The highest BCUT2D eigenvalue weighted by Gasteiger charge is 2.13. The summed E-state index contributed by atoms with van der Waals surface area (Å²) in [6, 6.07) is 12.0. The summed E-state index contributed by atoms with van der Waals surface area (Å²) >= 11 is 1.18. The van der Waals surface area contributed by atoms with Crippen molar-refractivity contribution in [2.75, 3.05) is 5.32 Å². The molecule has 0 saturated heterocycles. The Morgan fingerprint density at radius 3 is 2.80 bits per heavy atom. The van der Waals surface area contributed by atoms with Gasteiger partial charge in [0, 0.05) is 16.8 Å². The first kappa shape index (κ1) is 15.5. The van der Waals surface area contributed by atoms with Crippen molar-refractivity contribution in [3.8, 4) is 11.3 Å². The lowest BCUT2D eigenvalue weighted by atomic mass is 10.1. The lowest BCUT2D eigenvalue weighted by Gasteiger charge is -2.04. The number of aromatic nitrogens is 1. The number of anilines is 2. The van der Waals surface area contributed by atoms with Crippen LogP contribution in [0.15, 0.2) is 63.1 Å². The second-order valence-electron chi connectivity index (χ2n) is 5.27. The quantitative estimate of drug-likeness (QED) is 0.528. The number of fused-ring (bicyclic) bond motifs is 1. The van der Waals surface area contributed by atoms with E-state index in [4.69, 9.17) is 4.42 Å². The van der Waals surface area contributed by atoms with E-state index < -0.39 is 17.3 Å². The monoisotopic (exact) mass is 356 g/mol. The molecule has 7 heteroatoms. The molecule has 25 heavy (non-hydrogen) atoms. The van der Waals surface area contributed by atoms with Crippen molar-refractivity contribution in [1.82, 2.24) is 4.98 Å². The molecule has 4 rings (SSSR count). The standard InChI is InChI=1S/C18H10F2N2O2S/c19-11-5-6-13(20)14(8-11)21-18-22-15(9-25-18)12-7-10-3-1-2-4-16(10)24-17(12)23/h1-9H,(H,21,22). The molecule has 0 amide bonds. The summed E-state index contributed by atoms with van der Waals surface area (Å²) < 4.78 is 32.2. The van der Waals surface area contributed by atoms with Gasteiger partial charge >= 0.3 is 5.63 Å². The third kappa shape index (κ3) is 3.01. The largest absolute Gasteiger partial charge is 0.422 e. The van der Waals surface area contributed by atoms with Crippen LogP contribution in [0.1, 0.15) is 0 Å². The lowest BCUT2D eigenvalue weighted by molar-refractivity contribution is 0.563. The SMILES string of the molecule is O=c1oc2ccccc2cc1-c1csc(Nc2cc(F)ccc2F)n1. The first-order chi connectivity index (χ1) is 12.1. The van der Waals surface area contributed by atoms with Crippen LogP contribution in [0.4, 0.5) is 19.6 Å². The van der Waals surface area contributed by atoms with Crippen LogP contribution in [0.5, 0.6) is 0 Å². The molecule has 0 radical (unpaired) electrons. The van der Waals surface area contributed by atoms with E-state index in [9.17, 15) is 13.6 Å². The molecule has 0 spiro atoms. The Bertz CT molecular complexity index is 1140. The van der Waals surface area contributed by atoms with Gasteiger partial charge in [-0.1, -0.05) is 18.2 Å². The molecule has 4 aromatic rings. The van der Waals surface area contributed by atoms with Gasteiger partial charge in [-0.3, -0.25) is 0 Å². The van der Waals surface area contributed by atoms with Crippen molar-refractivity contribution in [1.29, 1.82) is 0 Å². The van der Waals surface area contributed by atoms with Crippen molar-refractivity contribution >= 4 is 33.1 Å². The second kappa shape index (κ2) is 6.10. The van der Waals surface area contributed by atoms with Crippen molar-refractivity contribution in [2.24, 2.45) is 0 Å². The number of rotatable bonds is 3. The van der Waals surface area contributed by atoms with E-state index in [0.717, 1.165) is 23.6 Å². The van der Waals surface area contributed by atoms with Crippen LogP contribution in [0, 0.1) is 11.6 Å². The van der Waals surface area contributed by atoms with Crippen LogP contribution < -0.4 is 10.9 Å². The smallest absolute Gasteiger partial charge is 0.345 e. The molecule has 2 heterocycles. The normalized spacial score (nSPS) is 11.0. The van der Waals surface area contributed by atoms with E-state index in [-0.39, 0.29) is 5.69 Å². The Kier molecular flexibility index (Phi) is 3.77. The minimum absolute atomic E-state index is 0.0218. The van der Waals surface area contributed by atoms with Gasteiger partial charge in [0.25, 0.3) is 0 Å². The number of nitrogens with one attached hydrogen (secondary N) is 1. The summed E-state index contributed by atoms with van der Waals surface area (Å²) in [6.45, 7) is 0. The molecule has 0 fully saturated rings. The summed E-state index contributed by atoms with van der Waals surface area (Å²) in [5, 5.41) is 5.49. The molecule has 4 nitrogen and oxygen atoms in total. The predicted octanol–water partition coefficient (Wildman–Crippen LogP) is 4.94. The summed E-state index contributed by atoms with van der Waals surface area (Å²) in [5.41, 5.74) is 0.678. The van der Waals surface area contributed by atoms with Crippen molar-refractivity contribution < 1.29 is 13.2 Å². The van der Waals surface area contributed by atoms with E-state index in [1.165, 1.54) is 11.3 Å². The van der Waals surface area contributed by atoms with Crippen LogP contribution in [0.2, 0.25) is 0 Å². The summed E-state index contributed by atoms with van der Waals surface area (Å²) in [6.07, 6.45) is 0. The molecule has 0 saturated carbocycles. The Balaban J connectivity index is 1.71. The Labute approximate surface area is 144 Å². The molecule has 1 N–H and O–H groups in total. The number of halogens is 2. The van der Waals surface area contributed by atoms with Gasteiger partial charge in [-0.25, -0.2) is 18.6 Å². The molecule has 0 aliphatic heterocycles. The molecule has 2 aromatic carbocycles. The molecule has 0 unspecified atom stereocenters. The fraction of sp³-hybridized carbons (Fsp3) is 0. The minimum Gasteiger partial charge on any atom is -0.422 e. The van der Waals surface area contributed by atoms with Crippen molar-refractivity contribution in [3.63, 3.8) is 0 Å². The van der Waals surface area contributed by atoms with Gasteiger partial charge < -0.3 is 9.73 Å². The number of para-hydroxylation sites is 1. The molecule has 0 aliphatic rings. The number of nitrogens with zero attached hydrogens (tertiary/aromatic N) is 1. The molecular formula is C18H10F2N2O2S. The average molecular weight is 356 g/mol. The van der Waals surface area contributed by atoms with Crippen LogP contribution in [0.3, 0.4) is 0 Å². The van der Waals surface area contributed by atoms with E-state index in [0.29, 0.717) is 22.0 Å². The van der Waals surface area contributed by atoms with Gasteiger partial charge in [-0.15, -0.1) is 11.3 Å².